The number of aromatic nitrogens is 1. The maximum Gasteiger partial charge on any atom is 0.116 e. The molecule has 2 atom stereocenters. The van der Waals surface area contributed by atoms with Crippen LogP contribution >= 0.6 is 27.5 Å². The van der Waals surface area contributed by atoms with Crippen LogP contribution in [0.2, 0.25) is 5.02 Å². The van der Waals surface area contributed by atoms with Crippen molar-refractivity contribution < 1.29 is 4.74 Å². The normalized spacial score (nSPS) is 23.3. The van der Waals surface area contributed by atoms with Gasteiger partial charge in [-0.1, -0.05) is 17.7 Å². The van der Waals surface area contributed by atoms with Crippen molar-refractivity contribution in [2.24, 2.45) is 0 Å². The van der Waals surface area contributed by atoms with Gasteiger partial charge < -0.3 is 9.64 Å². The molecule has 1 aliphatic rings. The molecule has 24 heavy (non-hydrogen) atoms. The Labute approximate surface area is 155 Å². The molecule has 6 heteroatoms. The predicted molar refractivity (Wildman–Crippen MR) is 98.2 cm³/mol. The zero-order chi connectivity index (χ0) is 17.3. The van der Waals surface area contributed by atoms with E-state index in [0.717, 1.165) is 28.8 Å². The summed E-state index contributed by atoms with van der Waals surface area (Å²) >= 11 is 9.57. The Balaban J connectivity index is 1.96. The van der Waals surface area contributed by atoms with E-state index >= 15 is 0 Å². The molecule has 3 rings (SSSR count). The molecule has 2 aromatic rings. The van der Waals surface area contributed by atoms with Gasteiger partial charge in [0, 0.05) is 37.5 Å². The Morgan fingerprint density at radius 2 is 2.21 bits per heavy atom. The highest BCUT2D eigenvalue weighted by atomic mass is 79.9. The van der Waals surface area contributed by atoms with E-state index in [2.05, 4.69) is 38.8 Å². The first-order valence-electron chi connectivity index (χ1n) is 7.65. The quantitative estimate of drug-likeness (QED) is 0.704. The van der Waals surface area contributed by atoms with Crippen molar-refractivity contribution >= 4 is 33.2 Å². The standard InChI is InChI=1S/C18H17BrClN3O/c1-12-18(24-2,14-4-6-17(19)22-11-14)7-8-23(12)15-5-3-13(10-21)16(20)9-15/h3-6,9,11-12H,7-8H2,1-2H3/t12-,18-/m0/s1. The van der Waals surface area contributed by atoms with E-state index in [4.69, 9.17) is 21.6 Å². The molecule has 0 amide bonds. The van der Waals surface area contributed by atoms with Crippen LogP contribution in [-0.4, -0.2) is 24.7 Å². The molecule has 0 bridgehead atoms. The van der Waals surface area contributed by atoms with Gasteiger partial charge in [0.15, 0.2) is 0 Å². The molecule has 0 saturated carbocycles. The number of nitriles is 1. The third kappa shape index (κ3) is 2.79. The molecule has 0 aliphatic carbocycles. The molecule has 0 radical (unpaired) electrons. The minimum absolute atomic E-state index is 0.106. The second-order valence-electron chi connectivity index (χ2n) is 5.86. The number of hydrogen-bond donors (Lipinski definition) is 0. The number of ether oxygens (including phenoxy) is 1. The molecule has 0 unspecified atom stereocenters. The molecule has 1 saturated heterocycles. The molecule has 0 spiro atoms. The number of rotatable bonds is 3. The summed E-state index contributed by atoms with van der Waals surface area (Å²) in [4.78, 5) is 6.61. The van der Waals surface area contributed by atoms with E-state index in [1.165, 1.54) is 0 Å². The molecule has 1 aromatic heterocycles. The van der Waals surface area contributed by atoms with Gasteiger partial charge in [0.1, 0.15) is 16.3 Å². The van der Waals surface area contributed by atoms with Gasteiger partial charge in [-0.05, 0) is 47.1 Å². The Kier molecular flexibility index (Phi) is 4.82. The largest absolute Gasteiger partial charge is 0.371 e. The van der Waals surface area contributed by atoms with Crippen molar-refractivity contribution in [3.63, 3.8) is 0 Å². The van der Waals surface area contributed by atoms with Crippen molar-refractivity contribution in [2.75, 3.05) is 18.6 Å². The Morgan fingerprint density at radius 1 is 1.42 bits per heavy atom. The van der Waals surface area contributed by atoms with E-state index in [-0.39, 0.29) is 6.04 Å². The van der Waals surface area contributed by atoms with Crippen molar-refractivity contribution in [3.05, 3.63) is 57.3 Å². The third-order valence-electron chi connectivity index (χ3n) is 4.85. The van der Waals surface area contributed by atoms with Gasteiger partial charge in [-0.25, -0.2) is 4.98 Å². The minimum atomic E-state index is -0.423. The molecule has 2 heterocycles. The van der Waals surface area contributed by atoms with Crippen LogP contribution < -0.4 is 4.90 Å². The van der Waals surface area contributed by atoms with E-state index in [1.54, 1.807) is 13.2 Å². The maximum absolute atomic E-state index is 9.04. The lowest BCUT2D eigenvalue weighted by molar-refractivity contribution is -0.0180. The van der Waals surface area contributed by atoms with Crippen LogP contribution in [0.1, 0.15) is 24.5 Å². The van der Waals surface area contributed by atoms with Crippen LogP contribution in [0.5, 0.6) is 0 Å². The summed E-state index contributed by atoms with van der Waals surface area (Å²) in [5.74, 6) is 0. The summed E-state index contributed by atoms with van der Waals surface area (Å²) in [5, 5.41) is 9.51. The third-order valence-corrected chi connectivity index (χ3v) is 5.63. The lowest BCUT2D eigenvalue weighted by Crippen LogP contribution is -2.42. The molecule has 1 aromatic carbocycles. The minimum Gasteiger partial charge on any atom is -0.371 e. The van der Waals surface area contributed by atoms with Crippen LogP contribution in [0.4, 0.5) is 5.69 Å². The summed E-state index contributed by atoms with van der Waals surface area (Å²) in [5.41, 5.74) is 2.12. The first kappa shape index (κ1) is 17.2. The van der Waals surface area contributed by atoms with E-state index < -0.39 is 5.60 Å². The molecule has 4 nitrogen and oxygen atoms in total. The summed E-state index contributed by atoms with van der Waals surface area (Å²) in [6.45, 7) is 2.98. The predicted octanol–water partition coefficient (Wildman–Crippen LogP) is 4.51. The average molecular weight is 407 g/mol. The number of nitrogens with zero attached hydrogens (tertiary/aromatic N) is 3. The van der Waals surface area contributed by atoms with E-state index in [9.17, 15) is 0 Å². The number of methoxy groups -OCH3 is 1. The monoisotopic (exact) mass is 405 g/mol. The molecular formula is C18H17BrClN3O. The van der Waals surface area contributed by atoms with Gasteiger partial charge in [-0.15, -0.1) is 0 Å². The fraction of sp³-hybridized carbons (Fsp3) is 0.333. The highest BCUT2D eigenvalue weighted by molar-refractivity contribution is 9.10. The van der Waals surface area contributed by atoms with E-state index in [0.29, 0.717) is 10.6 Å². The number of anilines is 1. The number of benzene rings is 1. The number of pyridine rings is 1. The smallest absolute Gasteiger partial charge is 0.116 e. The molecule has 1 aliphatic heterocycles. The first-order valence-corrected chi connectivity index (χ1v) is 8.82. The second-order valence-corrected chi connectivity index (χ2v) is 7.08. The van der Waals surface area contributed by atoms with Crippen LogP contribution in [0.3, 0.4) is 0 Å². The van der Waals surface area contributed by atoms with Crippen LogP contribution in [0.15, 0.2) is 41.1 Å². The van der Waals surface area contributed by atoms with Crippen LogP contribution in [-0.2, 0) is 10.3 Å². The van der Waals surface area contributed by atoms with Gasteiger partial charge in [-0.3, -0.25) is 0 Å². The zero-order valence-corrected chi connectivity index (χ0v) is 15.8. The van der Waals surface area contributed by atoms with Gasteiger partial charge in [0.05, 0.1) is 16.6 Å². The van der Waals surface area contributed by atoms with Gasteiger partial charge in [0.25, 0.3) is 0 Å². The summed E-state index contributed by atoms with van der Waals surface area (Å²) in [6.07, 6.45) is 2.71. The van der Waals surface area contributed by atoms with Crippen LogP contribution in [0.25, 0.3) is 0 Å². The Bertz CT molecular complexity index is 790. The fourth-order valence-electron chi connectivity index (χ4n) is 3.47. The molecular weight excluding hydrogens is 390 g/mol. The average Bonchev–Trinajstić information content (AvgIpc) is 2.93. The van der Waals surface area contributed by atoms with Crippen molar-refractivity contribution in [1.29, 1.82) is 5.26 Å². The van der Waals surface area contributed by atoms with Gasteiger partial charge >= 0.3 is 0 Å². The number of halogens is 2. The lowest BCUT2D eigenvalue weighted by atomic mass is 9.88. The van der Waals surface area contributed by atoms with Crippen molar-refractivity contribution in [2.45, 2.75) is 25.0 Å². The summed E-state index contributed by atoms with van der Waals surface area (Å²) in [7, 11) is 1.74. The Hall–Kier alpha value is -1.61. The lowest BCUT2D eigenvalue weighted by Gasteiger charge is -2.36. The molecule has 1 fully saturated rings. The SMILES string of the molecule is CO[C@@]1(c2ccc(Br)nc2)CCN(c2ccc(C#N)c(Cl)c2)[C@H]1C. The highest BCUT2D eigenvalue weighted by Gasteiger charge is 2.47. The van der Waals surface area contributed by atoms with E-state index in [1.807, 2.05) is 30.5 Å². The van der Waals surface area contributed by atoms with Crippen LogP contribution in [0, 0.1) is 11.3 Å². The molecule has 0 N–H and O–H groups in total. The van der Waals surface area contributed by atoms with Crippen molar-refractivity contribution in [1.82, 2.24) is 4.98 Å². The number of hydrogen-bond acceptors (Lipinski definition) is 4. The Morgan fingerprint density at radius 3 is 2.79 bits per heavy atom. The summed E-state index contributed by atoms with van der Waals surface area (Å²) in [6, 6.07) is 11.7. The van der Waals surface area contributed by atoms with Gasteiger partial charge in [-0.2, -0.15) is 5.26 Å². The topological polar surface area (TPSA) is 49.1 Å². The van der Waals surface area contributed by atoms with Gasteiger partial charge in [0.2, 0.25) is 0 Å². The zero-order valence-electron chi connectivity index (χ0n) is 13.5. The first-order chi connectivity index (χ1) is 11.5. The summed E-state index contributed by atoms with van der Waals surface area (Å²) < 4.78 is 6.79. The maximum atomic E-state index is 9.04. The second kappa shape index (κ2) is 6.72. The highest BCUT2D eigenvalue weighted by Crippen LogP contribution is 2.43. The van der Waals surface area contributed by atoms with Crippen molar-refractivity contribution in [3.8, 4) is 6.07 Å². The molecule has 124 valence electrons. The fourth-order valence-corrected chi connectivity index (χ4v) is 3.92.